The summed E-state index contributed by atoms with van der Waals surface area (Å²) < 4.78 is 1.16. The van der Waals surface area contributed by atoms with Crippen LogP contribution in [0.5, 0.6) is 0 Å². The van der Waals surface area contributed by atoms with Crippen LogP contribution in [-0.4, -0.2) is 23.5 Å². The predicted octanol–water partition coefficient (Wildman–Crippen LogP) is 4.43. The third-order valence-electron chi connectivity index (χ3n) is 4.09. The number of aryl methyl sites for hydroxylation is 1. The number of aromatic amines is 1. The molecule has 19 heavy (non-hydrogen) atoms. The predicted molar refractivity (Wildman–Crippen MR) is 84.5 cm³/mol. The van der Waals surface area contributed by atoms with E-state index in [0.29, 0.717) is 6.04 Å². The van der Waals surface area contributed by atoms with E-state index in [9.17, 15) is 0 Å². The molecule has 0 radical (unpaired) electrons. The van der Waals surface area contributed by atoms with Gasteiger partial charge in [-0.1, -0.05) is 22.0 Å². The molecule has 2 aromatic rings. The van der Waals surface area contributed by atoms with Crippen LogP contribution < -0.4 is 0 Å². The number of nitrogens with zero attached hydrogens (tertiary/aromatic N) is 1. The number of hydrogen-bond acceptors (Lipinski definition) is 1. The molecule has 0 saturated carbocycles. The molecule has 1 aromatic heterocycles. The number of hydrogen-bond donors (Lipinski definition) is 1. The summed E-state index contributed by atoms with van der Waals surface area (Å²) in [6.45, 7) is 4.78. The zero-order valence-electron chi connectivity index (χ0n) is 11.2. The van der Waals surface area contributed by atoms with Gasteiger partial charge in [0.05, 0.1) is 6.04 Å². The Hall–Kier alpha value is -1.06. The Morgan fingerprint density at radius 3 is 3.16 bits per heavy atom. The van der Waals surface area contributed by atoms with Crippen molar-refractivity contribution in [2.45, 2.75) is 25.3 Å². The molecule has 1 atom stereocenters. The van der Waals surface area contributed by atoms with Gasteiger partial charge in [-0.2, -0.15) is 0 Å². The second kappa shape index (κ2) is 5.14. The monoisotopic (exact) mass is 318 g/mol. The maximum absolute atomic E-state index is 3.85. The van der Waals surface area contributed by atoms with E-state index >= 15 is 0 Å². The molecular formula is C16H19BrN2. The largest absolute Gasteiger partial charge is 0.357 e. The summed E-state index contributed by atoms with van der Waals surface area (Å²) in [6, 6.07) is 7.00. The van der Waals surface area contributed by atoms with E-state index in [0.717, 1.165) is 11.0 Å². The van der Waals surface area contributed by atoms with Crippen molar-refractivity contribution >= 4 is 26.8 Å². The van der Waals surface area contributed by atoms with Gasteiger partial charge >= 0.3 is 0 Å². The molecule has 0 saturated heterocycles. The van der Waals surface area contributed by atoms with E-state index in [4.69, 9.17) is 0 Å². The van der Waals surface area contributed by atoms with E-state index in [1.54, 1.807) is 0 Å². The molecule has 1 heterocycles. The molecule has 1 N–H and O–H groups in total. The highest BCUT2D eigenvalue weighted by Crippen LogP contribution is 2.38. The summed E-state index contributed by atoms with van der Waals surface area (Å²) in [6.07, 6.45) is 5.65. The fourth-order valence-electron chi connectivity index (χ4n) is 3.18. The molecule has 0 aliphatic heterocycles. The van der Waals surface area contributed by atoms with Crippen LogP contribution in [0, 0.1) is 0 Å². The van der Waals surface area contributed by atoms with Gasteiger partial charge in [-0.05, 0) is 50.1 Å². The van der Waals surface area contributed by atoms with Gasteiger partial charge < -0.3 is 4.98 Å². The molecule has 1 aliphatic rings. The lowest BCUT2D eigenvalue weighted by Gasteiger charge is -2.30. The number of benzene rings is 1. The van der Waals surface area contributed by atoms with E-state index in [-0.39, 0.29) is 0 Å². The van der Waals surface area contributed by atoms with E-state index in [1.807, 2.05) is 6.08 Å². The van der Waals surface area contributed by atoms with Crippen LogP contribution in [0.2, 0.25) is 0 Å². The Labute approximate surface area is 122 Å². The Bertz CT molecular complexity index is 614. The van der Waals surface area contributed by atoms with E-state index in [2.05, 4.69) is 57.6 Å². The number of fused-ring (bicyclic) bond motifs is 3. The molecule has 1 aromatic carbocycles. The average molecular weight is 319 g/mol. The smallest absolute Gasteiger partial charge is 0.0501 e. The van der Waals surface area contributed by atoms with Crippen molar-refractivity contribution in [1.82, 2.24) is 9.88 Å². The van der Waals surface area contributed by atoms with Crippen LogP contribution in [0.15, 0.2) is 35.3 Å². The minimum atomic E-state index is 0.493. The summed E-state index contributed by atoms with van der Waals surface area (Å²) in [7, 11) is 2.18. The van der Waals surface area contributed by atoms with Gasteiger partial charge in [-0.3, -0.25) is 4.90 Å². The molecule has 0 spiro atoms. The first kappa shape index (κ1) is 12.9. The maximum atomic E-state index is 3.85. The third-order valence-corrected chi connectivity index (χ3v) is 4.58. The second-order valence-corrected chi connectivity index (χ2v) is 6.26. The highest BCUT2D eigenvalue weighted by Gasteiger charge is 2.26. The fraction of sp³-hybridized carbons (Fsp3) is 0.375. The number of H-pyrrole nitrogens is 1. The van der Waals surface area contributed by atoms with E-state index in [1.165, 1.54) is 41.4 Å². The Morgan fingerprint density at radius 1 is 1.53 bits per heavy atom. The molecule has 3 heteroatoms. The van der Waals surface area contributed by atoms with Gasteiger partial charge in [0.15, 0.2) is 0 Å². The van der Waals surface area contributed by atoms with Gasteiger partial charge in [0.2, 0.25) is 0 Å². The van der Waals surface area contributed by atoms with Crippen molar-refractivity contribution in [2.75, 3.05) is 13.6 Å². The Morgan fingerprint density at radius 2 is 2.37 bits per heavy atom. The summed E-state index contributed by atoms with van der Waals surface area (Å²) in [4.78, 5) is 6.02. The summed E-state index contributed by atoms with van der Waals surface area (Å²) in [5.41, 5.74) is 4.17. The first-order valence-corrected chi connectivity index (χ1v) is 7.61. The normalized spacial score (nSPS) is 18.8. The molecule has 0 fully saturated rings. The Balaban J connectivity index is 2.09. The molecule has 1 aliphatic carbocycles. The van der Waals surface area contributed by atoms with Crippen LogP contribution in [0.4, 0.5) is 0 Å². The lowest BCUT2D eigenvalue weighted by molar-refractivity contribution is 0.240. The van der Waals surface area contributed by atoms with Crippen LogP contribution in [-0.2, 0) is 6.42 Å². The first-order chi connectivity index (χ1) is 9.20. The minimum absolute atomic E-state index is 0.493. The quantitative estimate of drug-likeness (QED) is 0.830. The molecule has 100 valence electrons. The molecule has 1 unspecified atom stereocenters. The van der Waals surface area contributed by atoms with Crippen molar-refractivity contribution in [2.24, 2.45) is 0 Å². The van der Waals surface area contributed by atoms with Gasteiger partial charge in [-0.25, -0.2) is 0 Å². The molecule has 2 nitrogen and oxygen atoms in total. The van der Waals surface area contributed by atoms with Crippen LogP contribution >= 0.6 is 15.9 Å². The van der Waals surface area contributed by atoms with Gasteiger partial charge in [0.25, 0.3) is 0 Å². The fourth-order valence-corrected chi connectivity index (χ4v) is 3.54. The summed E-state index contributed by atoms with van der Waals surface area (Å²) in [5, 5.41) is 1.38. The summed E-state index contributed by atoms with van der Waals surface area (Å²) >= 11 is 3.58. The number of nitrogens with one attached hydrogen (secondary N) is 1. The van der Waals surface area contributed by atoms with Crippen molar-refractivity contribution in [1.29, 1.82) is 0 Å². The van der Waals surface area contributed by atoms with Crippen LogP contribution in [0.3, 0.4) is 0 Å². The lowest BCUT2D eigenvalue weighted by Crippen LogP contribution is -2.27. The third kappa shape index (κ3) is 2.26. The van der Waals surface area contributed by atoms with E-state index < -0.39 is 0 Å². The maximum Gasteiger partial charge on any atom is 0.0501 e. The standard InChI is InChI=1S/C16H19BrN2/c1-3-9-19(2)15-6-4-5-12-13-10-11(17)7-8-14(13)18-16(12)15/h3,7-8,10,15,18H,1,4-6,9H2,2H3. The second-order valence-electron chi connectivity index (χ2n) is 5.34. The van der Waals surface area contributed by atoms with Gasteiger partial charge in [0, 0.05) is 27.6 Å². The van der Waals surface area contributed by atoms with Crippen LogP contribution in [0.25, 0.3) is 10.9 Å². The number of aromatic nitrogens is 1. The molecule has 3 rings (SSSR count). The topological polar surface area (TPSA) is 19.0 Å². The molecule has 0 bridgehead atoms. The zero-order valence-corrected chi connectivity index (χ0v) is 12.8. The van der Waals surface area contributed by atoms with Crippen molar-refractivity contribution in [3.8, 4) is 0 Å². The van der Waals surface area contributed by atoms with Crippen LogP contribution in [0.1, 0.15) is 30.1 Å². The number of rotatable bonds is 3. The van der Waals surface area contributed by atoms with Gasteiger partial charge in [-0.15, -0.1) is 6.58 Å². The number of halogens is 1. The van der Waals surface area contributed by atoms with Crippen molar-refractivity contribution in [3.63, 3.8) is 0 Å². The highest BCUT2D eigenvalue weighted by atomic mass is 79.9. The summed E-state index contributed by atoms with van der Waals surface area (Å²) in [5.74, 6) is 0. The lowest BCUT2D eigenvalue weighted by atomic mass is 9.91. The zero-order chi connectivity index (χ0) is 13.4. The highest BCUT2D eigenvalue weighted by molar-refractivity contribution is 9.10. The Kier molecular flexibility index (Phi) is 3.50. The van der Waals surface area contributed by atoms with Gasteiger partial charge in [0.1, 0.15) is 0 Å². The molecule has 0 amide bonds. The SMILES string of the molecule is C=CCN(C)C1CCCc2c1[nH]c1ccc(Br)cc21. The van der Waals surface area contributed by atoms with Crippen molar-refractivity contribution in [3.05, 3.63) is 46.6 Å². The van der Waals surface area contributed by atoms with Crippen molar-refractivity contribution < 1.29 is 0 Å². The minimum Gasteiger partial charge on any atom is -0.357 e. The first-order valence-electron chi connectivity index (χ1n) is 6.82. The average Bonchev–Trinajstić information content (AvgIpc) is 2.77. The number of likely N-dealkylation sites (N-methyl/N-ethyl adjacent to an activating group) is 1. The molecular weight excluding hydrogens is 300 g/mol.